The molecule has 0 saturated carbocycles. The summed E-state index contributed by atoms with van der Waals surface area (Å²) in [6, 6.07) is 17.1. The van der Waals surface area contributed by atoms with Crippen molar-refractivity contribution < 1.29 is 17.5 Å². The second-order valence-electron chi connectivity index (χ2n) is 9.31. The molecule has 1 aliphatic heterocycles. The molecule has 5 rings (SSSR count). The van der Waals surface area contributed by atoms with Gasteiger partial charge in [0.2, 0.25) is 21.9 Å². The molecule has 1 aliphatic rings. The molecule has 3 heterocycles. The highest BCUT2D eigenvalue weighted by Crippen LogP contribution is 2.34. The van der Waals surface area contributed by atoms with E-state index >= 15 is 4.39 Å². The van der Waals surface area contributed by atoms with Crippen molar-refractivity contribution in [1.29, 1.82) is 0 Å². The highest BCUT2D eigenvalue weighted by Gasteiger charge is 2.20. The van der Waals surface area contributed by atoms with E-state index in [0.717, 1.165) is 25.9 Å². The van der Waals surface area contributed by atoms with Crippen molar-refractivity contribution in [3.8, 4) is 22.9 Å². The molecule has 0 radical (unpaired) electrons. The number of sulfonamides is 1. The number of aromatic nitrogens is 3. The van der Waals surface area contributed by atoms with E-state index in [-0.39, 0.29) is 34.7 Å². The molecule has 202 valence electrons. The van der Waals surface area contributed by atoms with Crippen molar-refractivity contribution in [3.05, 3.63) is 90.0 Å². The van der Waals surface area contributed by atoms with Gasteiger partial charge in [-0.15, -0.1) is 0 Å². The highest BCUT2D eigenvalue weighted by atomic mass is 32.2. The summed E-state index contributed by atoms with van der Waals surface area (Å²) >= 11 is 0. The standard InChI is InChI=1S/C28H29FN6O3S/c1-19-25(12-11-24(26(19)29)35-39(36,37)18-20-7-3-2-4-8-20)38-27-22(10-6-15-31-27)23-13-16-32-28(34-23)33-21-9-5-14-30-17-21/h2-4,6-8,10-13,15-16,21,30,35H,5,9,14,17-18H2,1H3,(H,32,33,34). The number of halogens is 1. The molecule has 4 aromatic rings. The van der Waals surface area contributed by atoms with Crippen LogP contribution in [0.2, 0.25) is 0 Å². The number of ether oxygens (including phenoxy) is 1. The number of benzene rings is 2. The van der Waals surface area contributed by atoms with Crippen LogP contribution < -0.4 is 20.1 Å². The number of piperidine rings is 1. The average molecular weight is 549 g/mol. The predicted molar refractivity (Wildman–Crippen MR) is 149 cm³/mol. The first kappa shape index (κ1) is 26.5. The second-order valence-corrected chi connectivity index (χ2v) is 11.0. The lowest BCUT2D eigenvalue weighted by Crippen LogP contribution is -2.38. The van der Waals surface area contributed by atoms with Gasteiger partial charge in [0.05, 0.1) is 22.7 Å². The van der Waals surface area contributed by atoms with Crippen LogP contribution in [0.4, 0.5) is 16.0 Å². The van der Waals surface area contributed by atoms with Crippen LogP contribution in [-0.4, -0.2) is 42.5 Å². The number of rotatable bonds is 9. The summed E-state index contributed by atoms with van der Waals surface area (Å²) in [6.07, 6.45) is 5.36. The molecule has 1 unspecified atom stereocenters. The van der Waals surface area contributed by atoms with E-state index in [0.29, 0.717) is 22.8 Å². The largest absolute Gasteiger partial charge is 0.438 e. The maximum absolute atomic E-state index is 15.3. The number of pyridine rings is 1. The Morgan fingerprint density at radius 1 is 1.05 bits per heavy atom. The van der Waals surface area contributed by atoms with Crippen molar-refractivity contribution in [3.63, 3.8) is 0 Å². The molecule has 9 nitrogen and oxygen atoms in total. The summed E-state index contributed by atoms with van der Waals surface area (Å²) in [5.41, 5.74) is 1.80. The van der Waals surface area contributed by atoms with E-state index in [1.807, 2.05) is 6.07 Å². The van der Waals surface area contributed by atoms with Gasteiger partial charge >= 0.3 is 0 Å². The summed E-state index contributed by atoms with van der Waals surface area (Å²) < 4.78 is 48.9. The van der Waals surface area contributed by atoms with E-state index in [9.17, 15) is 8.42 Å². The normalized spacial score (nSPS) is 15.5. The van der Waals surface area contributed by atoms with Crippen molar-refractivity contribution in [2.24, 2.45) is 0 Å². The lowest BCUT2D eigenvalue weighted by molar-refractivity contribution is 0.455. The molecule has 0 spiro atoms. The minimum Gasteiger partial charge on any atom is -0.438 e. The minimum atomic E-state index is -3.82. The van der Waals surface area contributed by atoms with Gasteiger partial charge in [-0.3, -0.25) is 4.72 Å². The molecule has 0 amide bonds. The van der Waals surface area contributed by atoms with E-state index in [1.165, 1.54) is 19.1 Å². The van der Waals surface area contributed by atoms with Crippen LogP contribution >= 0.6 is 0 Å². The zero-order valence-electron chi connectivity index (χ0n) is 21.4. The van der Waals surface area contributed by atoms with Crippen molar-refractivity contribution >= 4 is 21.7 Å². The minimum absolute atomic E-state index is 0.140. The first-order valence-corrected chi connectivity index (χ1v) is 14.3. The smallest absolute Gasteiger partial charge is 0.237 e. The molecule has 0 bridgehead atoms. The highest BCUT2D eigenvalue weighted by molar-refractivity contribution is 7.91. The molecule has 11 heteroatoms. The number of nitrogens with zero attached hydrogens (tertiary/aromatic N) is 3. The first-order chi connectivity index (χ1) is 18.9. The van der Waals surface area contributed by atoms with Crippen molar-refractivity contribution in [1.82, 2.24) is 20.3 Å². The molecule has 2 aromatic carbocycles. The Morgan fingerprint density at radius 2 is 1.90 bits per heavy atom. The number of anilines is 2. The lowest BCUT2D eigenvalue weighted by atomic mass is 10.1. The summed E-state index contributed by atoms with van der Waals surface area (Å²) in [5, 5.41) is 6.72. The Morgan fingerprint density at radius 3 is 2.69 bits per heavy atom. The van der Waals surface area contributed by atoms with E-state index in [2.05, 4.69) is 30.3 Å². The maximum Gasteiger partial charge on any atom is 0.237 e. The molecule has 1 saturated heterocycles. The van der Waals surface area contributed by atoms with Crippen LogP contribution in [0.3, 0.4) is 0 Å². The monoisotopic (exact) mass is 548 g/mol. The van der Waals surface area contributed by atoms with Crippen LogP contribution in [0, 0.1) is 12.7 Å². The van der Waals surface area contributed by atoms with Crippen LogP contribution in [0.5, 0.6) is 11.6 Å². The van der Waals surface area contributed by atoms with Gasteiger partial charge in [-0.2, -0.15) is 0 Å². The third-order valence-corrected chi connectivity index (χ3v) is 7.59. The Hall–Kier alpha value is -4.09. The summed E-state index contributed by atoms with van der Waals surface area (Å²) in [5.74, 6) is -0.0447. The summed E-state index contributed by atoms with van der Waals surface area (Å²) in [7, 11) is -3.82. The number of hydrogen-bond acceptors (Lipinski definition) is 8. The van der Waals surface area contributed by atoms with E-state index in [4.69, 9.17) is 4.74 Å². The zero-order chi connectivity index (χ0) is 27.2. The Bertz CT molecular complexity index is 1550. The molecule has 1 atom stereocenters. The predicted octanol–water partition coefficient (Wildman–Crippen LogP) is 4.88. The third-order valence-electron chi connectivity index (χ3n) is 6.34. The lowest BCUT2D eigenvalue weighted by Gasteiger charge is -2.23. The van der Waals surface area contributed by atoms with Gasteiger partial charge in [-0.25, -0.2) is 27.8 Å². The third kappa shape index (κ3) is 6.68. The quantitative estimate of drug-likeness (QED) is 0.271. The molecular formula is C28H29FN6O3S. The van der Waals surface area contributed by atoms with Gasteiger partial charge in [0, 0.05) is 30.5 Å². The van der Waals surface area contributed by atoms with Gasteiger partial charge in [0.25, 0.3) is 0 Å². The van der Waals surface area contributed by atoms with Gasteiger partial charge in [-0.1, -0.05) is 30.3 Å². The topological polar surface area (TPSA) is 118 Å². The SMILES string of the molecule is Cc1c(Oc2ncccc2-c2ccnc(NC3CCCNC3)n2)ccc(NS(=O)(=O)Cc2ccccc2)c1F. The first-order valence-electron chi connectivity index (χ1n) is 12.6. The van der Waals surface area contributed by atoms with Crippen molar-refractivity contribution in [2.45, 2.75) is 31.6 Å². The molecule has 0 aliphatic carbocycles. The molecule has 3 N–H and O–H groups in total. The number of nitrogens with one attached hydrogen (secondary N) is 3. The second kappa shape index (κ2) is 11.7. The molecular weight excluding hydrogens is 519 g/mol. The summed E-state index contributed by atoms with van der Waals surface area (Å²) in [6.45, 7) is 3.38. The molecule has 39 heavy (non-hydrogen) atoms. The molecule has 2 aromatic heterocycles. The van der Waals surface area contributed by atoms with E-state index in [1.54, 1.807) is 54.9 Å². The fraction of sp³-hybridized carbons (Fsp3) is 0.250. The number of hydrogen-bond donors (Lipinski definition) is 3. The Labute approximate surface area is 226 Å². The van der Waals surface area contributed by atoms with E-state index < -0.39 is 15.8 Å². The Kier molecular flexibility index (Phi) is 7.99. The van der Waals surface area contributed by atoms with Crippen molar-refractivity contribution in [2.75, 3.05) is 23.1 Å². The van der Waals surface area contributed by atoms with Gasteiger partial charge < -0.3 is 15.4 Å². The Balaban J connectivity index is 1.35. The van der Waals surface area contributed by atoms with Gasteiger partial charge in [0.15, 0.2) is 5.82 Å². The van der Waals surface area contributed by atoms with Crippen LogP contribution in [0.25, 0.3) is 11.3 Å². The molecule has 1 fully saturated rings. The van der Waals surface area contributed by atoms with Crippen LogP contribution in [-0.2, 0) is 15.8 Å². The fourth-order valence-corrected chi connectivity index (χ4v) is 5.56. The van der Waals surface area contributed by atoms with Crippen LogP contribution in [0.1, 0.15) is 24.0 Å². The average Bonchev–Trinajstić information content (AvgIpc) is 2.94. The maximum atomic E-state index is 15.3. The van der Waals surface area contributed by atoms with Crippen LogP contribution in [0.15, 0.2) is 73.1 Å². The van der Waals surface area contributed by atoms with Gasteiger partial charge in [0.1, 0.15) is 5.75 Å². The zero-order valence-corrected chi connectivity index (χ0v) is 22.2. The fourth-order valence-electron chi connectivity index (χ4n) is 4.36. The summed E-state index contributed by atoms with van der Waals surface area (Å²) in [4.78, 5) is 13.3. The van der Waals surface area contributed by atoms with Gasteiger partial charge in [-0.05, 0) is 62.2 Å².